The van der Waals surface area contributed by atoms with Crippen molar-refractivity contribution < 1.29 is 9.53 Å². The fourth-order valence-electron chi connectivity index (χ4n) is 3.30. The van der Waals surface area contributed by atoms with E-state index in [9.17, 15) is 10.1 Å². The standard InChI is InChI=1S/C24H26N4O2S/c1-15(2)24-27-20(14-31-24)13-26-23(29)19(12-25)11-18-10-16(3)28(17(18)4)21-6-8-22(30-5)9-7-21/h6-11,14-15H,13H2,1-5H3,(H,26,29)/b19-11-. The van der Waals surface area contributed by atoms with Crippen molar-refractivity contribution in [2.24, 2.45) is 0 Å². The van der Waals surface area contributed by atoms with Gasteiger partial charge in [0.1, 0.15) is 17.4 Å². The van der Waals surface area contributed by atoms with Gasteiger partial charge in [0, 0.05) is 28.4 Å². The maximum atomic E-state index is 12.6. The molecule has 0 saturated carbocycles. The fraction of sp³-hybridized carbons (Fsp3) is 0.292. The van der Waals surface area contributed by atoms with Gasteiger partial charge in [-0.15, -0.1) is 11.3 Å². The number of thiazole rings is 1. The van der Waals surface area contributed by atoms with E-state index < -0.39 is 5.91 Å². The number of nitrogens with one attached hydrogen (secondary N) is 1. The first-order valence-corrected chi connectivity index (χ1v) is 10.9. The Morgan fingerprint density at radius 1 is 1.32 bits per heavy atom. The Balaban J connectivity index is 1.79. The highest BCUT2D eigenvalue weighted by Gasteiger charge is 2.14. The molecule has 31 heavy (non-hydrogen) atoms. The lowest BCUT2D eigenvalue weighted by atomic mass is 10.1. The van der Waals surface area contributed by atoms with Crippen LogP contribution < -0.4 is 10.1 Å². The molecule has 0 unspecified atom stereocenters. The second-order valence-corrected chi connectivity index (χ2v) is 8.43. The van der Waals surface area contributed by atoms with Crippen molar-refractivity contribution in [3.05, 3.63) is 68.9 Å². The van der Waals surface area contributed by atoms with Crippen molar-refractivity contribution in [2.75, 3.05) is 7.11 Å². The molecule has 1 amide bonds. The van der Waals surface area contributed by atoms with Crippen LogP contribution in [0.5, 0.6) is 5.75 Å². The molecule has 2 aromatic heterocycles. The second kappa shape index (κ2) is 9.63. The minimum Gasteiger partial charge on any atom is -0.497 e. The van der Waals surface area contributed by atoms with Gasteiger partial charge in [0.05, 0.1) is 24.4 Å². The number of carbonyl (C=O) groups excluding carboxylic acids is 1. The van der Waals surface area contributed by atoms with Gasteiger partial charge in [-0.05, 0) is 55.8 Å². The zero-order valence-corrected chi connectivity index (χ0v) is 19.2. The number of ether oxygens (including phenoxy) is 1. The molecule has 0 bridgehead atoms. The van der Waals surface area contributed by atoms with Crippen molar-refractivity contribution in [3.8, 4) is 17.5 Å². The minimum absolute atomic E-state index is 0.0642. The minimum atomic E-state index is -0.407. The van der Waals surface area contributed by atoms with Crippen molar-refractivity contribution in [1.82, 2.24) is 14.9 Å². The van der Waals surface area contributed by atoms with Crippen LogP contribution >= 0.6 is 11.3 Å². The molecule has 1 N–H and O–H groups in total. The van der Waals surface area contributed by atoms with Gasteiger partial charge in [0.2, 0.25) is 0 Å². The number of benzene rings is 1. The third-order valence-corrected chi connectivity index (χ3v) is 6.15. The Kier molecular flexibility index (Phi) is 6.93. The highest BCUT2D eigenvalue weighted by Crippen LogP contribution is 2.24. The molecular formula is C24H26N4O2S. The molecule has 0 aliphatic heterocycles. The van der Waals surface area contributed by atoms with E-state index in [-0.39, 0.29) is 5.57 Å². The van der Waals surface area contributed by atoms with Gasteiger partial charge in [-0.1, -0.05) is 13.8 Å². The number of nitrogens with zero attached hydrogens (tertiary/aromatic N) is 3. The van der Waals surface area contributed by atoms with Crippen LogP contribution in [-0.4, -0.2) is 22.6 Å². The summed E-state index contributed by atoms with van der Waals surface area (Å²) in [4.78, 5) is 17.1. The van der Waals surface area contributed by atoms with Crippen LogP contribution in [0.1, 0.15) is 47.4 Å². The lowest BCUT2D eigenvalue weighted by Gasteiger charge is -2.10. The summed E-state index contributed by atoms with van der Waals surface area (Å²) in [6.45, 7) is 8.43. The Morgan fingerprint density at radius 3 is 2.61 bits per heavy atom. The van der Waals surface area contributed by atoms with Crippen molar-refractivity contribution in [3.63, 3.8) is 0 Å². The van der Waals surface area contributed by atoms with Crippen LogP contribution in [0.4, 0.5) is 0 Å². The van der Waals surface area contributed by atoms with Gasteiger partial charge in [0.15, 0.2) is 0 Å². The molecule has 7 heteroatoms. The molecule has 1 aromatic carbocycles. The third kappa shape index (κ3) is 5.04. The molecule has 0 saturated heterocycles. The number of hydrogen-bond acceptors (Lipinski definition) is 5. The number of methoxy groups -OCH3 is 1. The van der Waals surface area contributed by atoms with Crippen LogP contribution in [0.2, 0.25) is 0 Å². The normalized spacial score (nSPS) is 11.5. The van der Waals surface area contributed by atoms with Crippen LogP contribution in [0.15, 0.2) is 41.3 Å². The van der Waals surface area contributed by atoms with Crippen molar-refractivity contribution in [1.29, 1.82) is 5.26 Å². The first kappa shape index (κ1) is 22.3. The predicted molar refractivity (Wildman–Crippen MR) is 123 cm³/mol. The summed E-state index contributed by atoms with van der Waals surface area (Å²) in [5.41, 5.74) is 4.64. The van der Waals surface area contributed by atoms with E-state index in [0.717, 1.165) is 39.1 Å². The van der Waals surface area contributed by atoms with Gasteiger partial charge < -0.3 is 14.6 Å². The summed E-state index contributed by atoms with van der Waals surface area (Å²) in [7, 11) is 1.64. The van der Waals surface area contributed by atoms with Crippen LogP contribution in [0.25, 0.3) is 11.8 Å². The van der Waals surface area contributed by atoms with Gasteiger partial charge in [-0.3, -0.25) is 4.79 Å². The maximum absolute atomic E-state index is 12.6. The van der Waals surface area contributed by atoms with E-state index in [4.69, 9.17) is 4.74 Å². The van der Waals surface area contributed by atoms with Crippen LogP contribution in [-0.2, 0) is 11.3 Å². The maximum Gasteiger partial charge on any atom is 0.262 e. The molecule has 160 valence electrons. The summed E-state index contributed by atoms with van der Waals surface area (Å²) in [6.07, 6.45) is 1.64. The fourth-order valence-corrected chi connectivity index (χ4v) is 4.14. The monoisotopic (exact) mass is 434 g/mol. The molecule has 0 radical (unpaired) electrons. The van der Waals surface area contributed by atoms with Crippen LogP contribution in [0, 0.1) is 25.2 Å². The number of nitriles is 1. The lowest BCUT2D eigenvalue weighted by Crippen LogP contribution is -2.24. The summed E-state index contributed by atoms with van der Waals surface area (Å²) in [5.74, 6) is 0.733. The van der Waals surface area contributed by atoms with E-state index in [1.807, 2.05) is 55.6 Å². The Hall–Kier alpha value is -3.37. The highest BCUT2D eigenvalue weighted by molar-refractivity contribution is 7.09. The quantitative estimate of drug-likeness (QED) is 0.423. The molecule has 0 fully saturated rings. The van der Waals surface area contributed by atoms with E-state index in [2.05, 4.69) is 28.7 Å². The predicted octanol–water partition coefficient (Wildman–Crippen LogP) is 4.91. The van der Waals surface area contributed by atoms with E-state index in [1.54, 1.807) is 24.5 Å². The number of carbonyl (C=O) groups is 1. The number of rotatable bonds is 7. The summed E-state index contributed by atoms with van der Waals surface area (Å²) in [6, 6.07) is 11.8. The van der Waals surface area contributed by atoms with Gasteiger partial charge >= 0.3 is 0 Å². The molecule has 2 heterocycles. The topological polar surface area (TPSA) is 79.9 Å². The molecule has 3 rings (SSSR count). The molecule has 0 aliphatic carbocycles. The number of aryl methyl sites for hydroxylation is 1. The van der Waals surface area contributed by atoms with E-state index in [0.29, 0.717) is 12.5 Å². The van der Waals surface area contributed by atoms with E-state index in [1.165, 1.54) is 0 Å². The summed E-state index contributed by atoms with van der Waals surface area (Å²) < 4.78 is 7.31. The summed E-state index contributed by atoms with van der Waals surface area (Å²) >= 11 is 1.58. The van der Waals surface area contributed by atoms with E-state index >= 15 is 0 Å². The first-order chi connectivity index (χ1) is 14.8. The van der Waals surface area contributed by atoms with Gasteiger partial charge in [0.25, 0.3) is 5.91 Å². The molecule has 6 nitrogen and oxygen atoms in total. The summed E-state index contributed by atoms with van der Waals surface area (Å²) in [5, 5.41) is 15.3. The average molecular weight is 435 g/mol. The van der Waals surface area contributed by atoms with Crippen molar-refractivity contribution in [2.45, 2.75) is 40.2 Å². The van der Waals surface area contributed by atoms with Crippen LogP contribution in [0.3, 0.4) is 0 Å². The molecule has 0 aliphatic rings. The molecule has 0 spiro atoms. The number of aromatic nitrogens is 2. The van der Waals surface area contributed by atoms with Gasteiger partial charge in [-0.2, -0.15) is 5.26 Å². The van der Waals surface area contributed by atoms with Gasteiger partial charge in [-0.25, -0.2) is 4.98 Å². The third-order valence-electron chi connectivity index (χ3n) is 4.96. The lowest BCUT2D eigenvalue weighted by molar-refractivity contribution is -0.117. The average Bonchev–Trinajstić information content (AvgIpc) is 3.35. The molecule has 3 aromatic rings. The largest absolute Gasteiger partial charge is 0.497 e. The molecular weight excluding hydrogens is 408 g/mol. The molecule has 0 atom stereocenters. The zero-order chi connectivity index (χ0) is 22.5. The number of amides is 1. The Labute approximate surface area is 186 Å². The Bertz CT molecular complexity index is 1150. The number of hydrogen-bond donors (Lipinski definition) is 1. The first-order valence-electron chi connectivity index (χ1n) is 10.0. The van der Waals surface area contributed by atoms with Crippen molar-refractivity contribution >= 4 is 23.3 Å². The second-order valence-electron chi connectivity index (χ2n) is 7.54. The smallest absolute Gasteiger partial charge is 0.262 e. The SMILES string of the molecule is COc1ccc(-n2c(C)cc(/C=C(/C#N)C(=O)NCc3csc(C(C)C)n3)c2C)cc1. The zero-order valence-electron chi connectivity index (χ0n) is 18.4. The highest BCUT2D eigenvalue weighted by atomic mass is 32.1. The Morgan fingerprint density at radius 2 is 2.03 bits per heavy atom.